The van der Waals surface area contributed by atoms with Gasteiger partial charge in [-0.1, -0.05) is 6.58 Å². The topological polar surface area (TPSA) is 126 Å². The van der Waals surface area contributed by atoms with E-state index in [-0.39, 0.29) is 11.5 Å². The number of aliphatic hydroxyl groups is 4. The van der Waals surface area contributed by atoms with Gasteiger partial charge in [0.05, 0.1) is 6.61 Å². The van der Waals surface area contributed by atoms with Crippen LogP contribution in [0.4, 0.5) is 0 Å². The van der Waals surface area contributed by atoms with Crippen molar-refractivity contribution in [1.82, 2.24) is 0 Å². The lowest BCUT2D eigenvalue weighted by atomic mass is 9.99. The summed E-state index contributed by atoms with van der Waals surface area (Å²) in [4.78, 5) is 11.5. The summed E-state index contributed by atoms with van der Waals surface area (Å²) in [6, 6.07) is 0. The molecule has 6 atom stereocenters. The Balaban J connectivity index is 2.14. The Morgan fingerprint density at radius 3 is 2.57 bits per heavy atom. The summed E-state index contributed by atoms with van der Waals surface area (Å²) in [5.74, 6) is -1.07. The molecule has 1 saturated heterocycles. The molecule has 118 valence electrons. The lowest BCUT2D eigenvalue weighted by molar-refractivity contribution is -0.293. The van der Waals surface area contributed by atoms with Crippen molar-refractivity contribution in [2.45, 2.75) is 37.6 Å². The second kappa shape index (κ2) is 6.12. The van der Waals surface area contributed by atoms with Gasteiger partial charge in [-0.05, 0) is 6.92 Å². The van der Waals surface area contributed by atoms with Gasteiger partial charge in [0.1, 0.15) is 41.9 Å². The molecule has 8 nitrogen and oxygen atoms in total. The van der Waals surface area contributed by atoms with Crippen LogP contribution in [0.25, 0.3) is 0 Å². The highest BCUT2D eigenvalue weighted by Gasteiger charge is 2.45. The van der Waals surface area contributed by atoms with Crippen molar-refractivity contribution >= 4 is 5.97 Å². The maximum atomic E-state index is 11.5. The second-order valence-corrected chi connectivity index (χ2v) is 4.97. The number of allylic oxidation sites excluding steroid dienone is 1. The highest BCUT2D eigenvalue weighted by molar-refractivity contribution is 5.77. The van der Waals surface area contributed by atoms with E-state index in [9.17, 15) is 20.1 Å². The maximum Gasteiger partial charge on any atom is 0.321 e. The van der Waals surface area contributed by atoms with Crippen molar-refractivity contribution in [3.8, 4) is 0 Å². The second-order valence-electron chi connectivity index (χ2n) is 4.97. The van der Waals surface area contributed by atoms with Crippen molar-refractivity contribution in [2.75, 3.05) is 6.61 Å². The van der Waals surface area contributed by atoms with E-state index in [1.54, 1.807) is 0 Å². The van der Waals surface area contributed by atoms with Gasteiger partial charge < -0.3 is 34.6 Å². The zero-order valence-corrected chi connectivity index (χ0v) is 11.4. The molecule has 1 unspecified atom stereocenters. The SMILES string of the molecule is C=C1C=C(O[C@@H]2O[C@H](CO)[C@@H](O)[C@H](O)[C@H]2O)C(C)C(=O)O1. The van der Waals surface area contributed by atoms with E-state index in [4.69, 9.17) is 19.3 Å². The van der Waals surface area contributed by atoms with E-state index < -0.39 is 49.2 Å². The number of hydrogen-bond acceptors (Lipinski definition) is 8. The lowest BCUT2D eigenvalue weighted by Crippen LogP contribution is -2.59. The van der Waals surface area contributed by atoms with Gasteiger partial charge >= 0.3 is 5.97 Å². The first-order valence-electron chi connectivity index (χ1n) is 6.44. The van der Waals surface area contributed by atoms with Gasteiger partial charge in [0.2, 0.25) is 6.29 Å². The van der Waals surface area contributed by atoms with Crippen molar-refractivity contribution in [3.63, 3.8) is 0 Å². The molecule has 0 aromatic rings. The smallest absolute Gasteiger partial charge is 0.321 e. The summed E-state index contributed by atoms with van der Waals surface area (Å²) in [6.07, 6.45) is -5.61. The number of aliphatic hydroxyl groups excluding tert-OH is 4. The molecule has 4 N–H and O–H groups in total. The quantitative estimate of drug-likeness (QED) is 0.459. The molecule has 0 amide bonds. The molecule has 21 heavy (non-hydrogen) atoms. The zero-order chi connectivity index (χ0) is 15.7. The molecular formula is C13H18O8. The minimum absolute atomic E-state index is 0.0812. The molecule has 0 radical (unpaired) electrons. The minimum atomic E-state index is -1.55. The van der Waals surface area contributed by atoms with E-state index in [0.717, 1.165) is 0 Å². The standard InChI is InChI=1S/C13H18O8/c1-5-3-7(6(2)12(18)19-5)20-13-11(17)10(16)9(15)8(4-14)21-13/h3,6,8-11,13-17H,1,4H2,2H3/t6?,8-,9-,10+,11-,13-/m1/s1. The van der Waals surface area contributed by atoms with E-state index in [2.05, 4.69) is 6.58 Å². The average Bonchev–Trinajstić information content (AvgIpc) is 2.44. The minimum Gasteiger partial charge on any atom is -0.465 e. The fourth-order valence-corrected chi connectivity index (χ4v) is 2.08. The Kier molecular flexibility index (Phi) is 4.64. The summed E-state index contributed by atoms with van der Waals surface area (Å²) in [6.45, 7) is 4.46. The number of rotatable bonds is 3. The third-order valence-electron chi connectivity index (χ3n) is 3.42. The van der Waals surface area contributed by atoms with Gasteiger partial charge in [-0.3, -0.25) is 4.79 Å². The Morgan fingerprint density at radius 1 is 1.29 bits per heavy atom. The summed E-state index contributed by atoms with van der Waals surface area (Å²) < 4.78 is 15.4. The third-order valence-corrected chi connectivity index (χ3v) is 3.42. The van der Waals surface area contributed by atoms with Crippen molar-refractivity contribution in [1.29, 1.82) is 0 Å². The summed E-state index contributed by atoms with van der Waals surface area (Å²) >= 11 is 0. The first-order valence-corrected chi connectivity index (χ1v) is 6.44. The molecule has 2 rings (SSSR count). The molecule has 0 spiro atoms. The fourth-order valence-electron chi connectivity index (χ4n) is 2.08. The van der Waals surface area contributed by atoms with Crippen LogP contribution in [0.1, 0.15) is 6.92 Å². The Hall–Kier alpha value is -1.45. The summed E-state index contributed by atoms with van der Waals surface area (Å²) in [5, 5.41) is 38.3. The molecule has 0 aromatic heterocycles. The monoisotopic (exact) mass is 302 g/mol. The molecule has 8 heteroatoms. The molecule has 0 aliphatic carbocycles. The lowest BCUT2D eigenvalue weighted by Gasteiger charge is -2.40. The van der Waals surface area contributed by atoms with Gasteiger partial charge in [0.15, 0.2) is 0 Å². The van der Waals surface area contributed by atoms with Crippen LogP contribution >= 0.6 is 0 Å². The largest absolute Gasteiger partial charge is 0.465 e. The van der Waals surface area contributed by atoms with Crippen LogP contribution in [0.15, 0.2) is 24.2 Å². The molecule has 2 aliphatic heterocycles. The summed E-state index contributed by atoms with van der Waals surface area (Å²) in [5.41, 5.74) is 0. The van der Waals surface area contributed by atoms with E-state index in [1.165, 1.54) is 13.0 Å². The van der Waals surface area contributed by atoms with Crippen molar-refractivity contribution in [3.05, 3.63) is 24.2 Å². The predicted molar refractivity (Wildman–Crippen MR) is 67.3 cm³/mol. The van der Waals surface area contributed by atoms with E-state index >= 15 is 0 Å². The first kappa shape index (κ1) is 15.9. The molecule has 1 fully saturated rings. The number of cyclic esters (lactones) is 1. The normalized spacial score (nSPS) is 40.5. The fraction of sp³-hybridized carbons (Fsp3) is 0.615. The number of carbonyl (C=O) groups is 1. The van der Waals surface area contributed by atoms with Crippen molar-refractivity contribution in [2.24, 2.45) is 5.92 Å². The molecule has 0 saturated carbocycles. The number of esters is 1. The van der Waals surface area contributed by atoms with Gasteiger partial charge in [-0.2, -0.15) is 0 Å². The Morgan fingerprint density at radius 2 is 1.95 bits per heavy atom. The van der Waals surface area contributed by atoms with Crippen LogP contribution < -0.4 is 0 Å². The van der Waals surface area contributed by atoms with Crippen molar-refractivity contribution < 1.29 is 39.4 Å². The Bertz CT molecular complexity index is 457. The predicted octanol–water partition coefficient (Wildman–Crippen LogP) is -1.61. The average molecular weight is 302 g/mol. The summed E-state index contributed by atoms with van der Waals surface area (Å²) in [7, 11) is 0. The molecule has 0 bridgehead atoms. The Labute approximate surface area is 120 Å². The van der Waals surface area contributed by atoms with Gasteiger partial charge in [0, 0.05) is 6.08 Å². The highest BCUT2D eigenvalue weighted by Crippen LogP contribution is 2.29. The molecule has 2 heterocycles. The van der Waals surface area contributed by atoms with Gasteiger partial charge in [-0.15, -0.1) is 0 Å². The van der Waals surface area contributed by atoms with E-state index in [1.807, 2.05) is 0 Å². The number of ether oxygens (including phenoxy) is 3. The molecule has 2 aliphatic rings. The van der Waals surface area contributed by atoms with Gasteiger partial charge in [0.25, 0.3) is 0 Å². The van der Waals surface area contributed by atoms with Crippen LogP contribution in [0.3, 0.4) is 0 Å². The highest BCUT2D eigenvalue weighted by atomic mass is 16.7. The zero-order valence-electron chi connectivity index (χ0n) is 11.4. The maximum absolute atomic E-state index is 11.5. The van der Waals surface area contributed by atoms with Gasteiger partial charge in [-0.25, -0.2) is 0 Å². The number of hydrogen-bond donors (Lipinski definition) is 4. The van der Waals surface area contributed by atoms with Crippen LogP contribution in [0.5, 0.6) is 0 Å². The van der Waals surface area contributed by atoms with Crippen LogP contribution in [0, 0.1) is 5.92 Å². The number of carbonyl (C=O) groups excluding carboxylic acids is 1. The molecular weight excluding hydrogens is 284 g/mol. The van der Waals surface area contributed by atoms with E-state index in [0.29, 0.717) is 0 Å². The first-order chi connectivity index (χ1) is 9.85. The third kappa shape index (κ3) is 3.09. The van der Waals surface area contributed by atoms with Crippen LogP contribution in [-0.2, 0) is 19.0 Å². The van der Waals surface area contributed by atoms with Crippen LogP contribution in [0.2, 0.25) is 0 Å². The molecule has 0 aromatic carbocycles. The van der Waals surface area contributed by atoms with Crippen LogP contribution in [-0.4, -0.2) is 63.7 Å².